The van der Waals surface area contributed by atoms with E-state index in [4.69, 9.17) is 0 Å². The van der Waals surface area contributed by atoms with Crippen molar-refractivity contribution in [2.45, 2.75) is 38.4 Å². The molecule has 0 saturated carbocycles. The minimum absolute atomic E-state index is 0.505. The van der Waals surface area contributed by atoms with Crippen molar-refractivity contribution >= 4 is 43.2 Å². The van der Waals surface area contributed by atoms with Crippen molar-refractivity contribution in [1.82, 2.24) is 0 Å². The molecule has 3 heteroatoms. The molecule has 1 heterocycles. The van der Waals surface area contributed by atoms with E-state index >= 15 is 0 Å². The van der Waals surface area contributed by atoms with E-state index in [0.29, 0.717) is 4.83 Å². The van der Waals surface area contributed by atoms with Crippen LogP contribution in [0.5, 0.6) is 0 Å². The Morgan fingerprint density at radius 3 is 2.57 bits per heavy atom. The highest BCUT2D eigenvalue weighted by Crippen LogP contribution is 2.40. The van der Waals surface area contributed by atoms with E-state index in [1.165, 1.54) is 27.1 Å². The molecule has 1 aromatic rings. The van der Waals surface area contributed by atoms with Crippen molar-refractivity contribution in [2.75, 3.05) is 0 Å². The summed E-state index contributed by atoms with van der Waals surface area (Å²) in [6.45, 7) is 6.71. The molecule has 0 N–H and O–H groups in total. The van der Waals surface area contributed by atoms with Crippen LogP contribution < -0.4 is 0 Å². The van der Waals surface area contributed by atoms with E-state index in [9.17, 15) is 0 Å². The van der Waals surface area contributed by atoms with Gasteiger partial charge in [-0.2, -0.15) is 0 Å². The molecule has 80 valence electrons. The number of hydrogen-bond acceptors (Lipinski definition) is 1. The Kier molecular flexibility index (Phi) is 5.15. The van der Waals surface area contributed by atoms with Crippen LogP contribution in [0.25, 0.3) is 0 Å². The van der Waals surface area contributed by atoms with E-state index in [-0.39, 0.29) is 0 Å². The quantitative estimate of drug-likeness (QED) is 0.618. The van der Waals surface area contributed by atoms with Crippen LogP contribution in [0.4, 0.5) is 0 Å². The van der Waals surface area contributed by atoms with Crippen LogP contribution in [0, 0.1) is 12.8 Å². The standard InChI is InChI=1S/C11H16Br2S/c1-4-7(2)5-9(12)11-10(13)6-8(3)14-11/h6-7,9H,4-5H2,1-3H3. The molecule has 0 aliphatic heterocycles. The maximum absolute atomic E-state index is 3.77. The smallest absolute Gasteiger partial charge is 0.0503 e. The lowest BCUT2D eigenvalue weighted by Gasteiger charge is -2.13. The van der Waals surface area contributed by atoms with Gasteiger partial charge in [0.2, 0.25) is 0 Å². The third-order valence-electron chi connectivity index (χ3n) is 2.43. The minimum atomic E-state index is 0.505. The molecular weight excluding hydrogens is 324 g/mol. The third kappa shape index (κ3) is 3.35. The van der Waals surface area contributed by atoms with Crippen molar-refractivity contribution in [3.63, 3.8) is 0 Å². The van der Waals surface area contributed by atoms with Crippen molar-refractivity contribution in [3.8, 4) is 0 Å². The highest BCUT2D eigenvalue weighted by molar-refractivity contribution is 9.11. The number of thiophene rings is 1. The van der Waals surface area contributed by atoms with Crippen LogP contribution in [-0.4, -0.2) is 0 Å². The zero-order valence-electron chi connectivity index (χ0n) is 8.81. The lowest BCUT2D eigenvalue weighted by atomic mass is 10.0. The number of halogens is 2. The topological polar surface area (TPSA) is 0 Å². The lowest BCUT2D eigenvalue weighted by molar-refractivity contribution is 0.516. The molecule has 1 rings (SSSR count). The molecule has 0 bridgehead atoms. The highest BCUT2D eigenvalue weighted by atomic mass is 79.9. The first-order valence-electron chi connectivity index (χ1n) is 4.94. The average molecular weight is 340 g/mol. The van der Waals surface area contributed by atoms with Crippen molar-refractivity contribution < 1.29 is 0 Å². The predicted octanol–water partition coefficient (Wildman–Crippen LogP) is 5.69. The minimum Gasteiger partial charge on any atom is -0.143 e. The summed E-state index contributed by atoms with van der Waals surface area (Å²) in [4.78, 5) is 3.31. The molecule has 2 atom stereocenters. The van der Waals surface area contributed by atoms with Crippen LogP contribution in [-0.2, 0) is 0 Å². The second-order valence-corrected chi connectivity index (χ2v) is 7.03. The van der Waals surface area contributed by atoms with Gasteiger partial charge >= 0.3 is 0 Å². The number of aryl methyl sites for hydroxylation is 1. The van der Waals surface area contributed by atoms with E-state index in [0.717, 1.165) is 5.92 Å². The van der Waals surface area contributed by atoms with E-state index in [1.54, 1.807) is 0 Å². The first-order chi connectivity index (χ1) is 6.54. The van der Waals surface area contributed by atoms with Crippen molar-refractivity contribution in [3.05, 3.63) is 20.3 Å². The molecule has 14 heavy (non-hydrogen) atoms. The van der Waals surface area contributed by atoms with Crippen molar-refractivity contribution in [2.24, 2.45) is 5.92 Å². The largest absolute Gasteiger partial charge is 0.143 e. The Hall–Kier alpha value is 0.660. The average Bonchev–Trinajstić information content (AvgIpc) is 2.45. The Morgan fingerprint density at radius 1 is 1.50 bits per heavy atom. The molecule has 0 spiro atoms. The highest BCUT2D eigenvalue weighted by Gasteiger charge is 2.16. The Morgan fingerprint density at radius 2 is 2.14 bits per heavy atom. The maximum Gasteiger partial charge on any atom is 0.0503 e. The van der Waals surface area contributed by atoms with Gasteiger partial charge in [-0.15, -0.1) is 11.3 Å². The number of rotatable bonds is 4. The summed E-state index contributed by atoms with van der Waals surface area (Å²) >= 11 is 9.26. The molecule has 0 aromatic carbocycles. The second kappa shape index (κ2) is 5.66. The third-order valence-corrected chi connectivity index (χ3v) is 5.64. The zero-order valence-corrected chi connectivity index (χ0v) is 12.8. The molecule has 0 nitrogen and oxygen atoms in total. The Labute approximate surface area is 107 Å². The molecule has 0 aliphatic carbocycles. The summed E-state index contributed by atoms with van der Waals surface area (Å²) in [7, 11) is 0. The second-order valence-electron chi connectivity index (χ2n) is 3.79. The first kappa shape index (κ1) is 12.7. The van der Waals surface area contributed by atoms with Gasteiger partial charge in [-0.05, 0) is 41.3 Å². The lowest BCUT2D eigenvalue weighted by Crippen LogP contribution is -1.97. The molecule has 0 radical (unpaired) electrons. The number of hydrogen-bond donors (Lipinski definition) is 0. The fourth-order valence-electron chi connectivity index (χ4n) is 1.34. The van der Waals surface area contributed by atoms with E-state index in [1.807, 2.05) is 11.3 Å². The van der Waals surface area contributed by atoms with Gasteiger partial charge in [0.05, 0.1) is 4.83 Å². The van der Waals surface area contributed by atoms with Gasteiger partial charge < -0.3 is 0 Å². The summed E-state index contributed by atoms with van der Waals surface area (Å²) in [6, 6.07) is 2.20. The van der Waals surface area contributed by atoms with Crippen LogP contribution in [0.3, 0.4) is 0 Å². The fraction of sp³-hybridized carbons (Fsp3) is 0.636. The Balaban J connectivity index is 2.69. The SMILES string of the molecule is CCC(C)CC(Br)c1sc(C)cc1Br. The van der Waals surface area contributed by atoms with Crippen molar-refractivity contribution in [1.29, 1.82) is 0 Å². The molecule has 0 aliphatic rings. The van der Waals surface area contributed by atoms with E-state index in [2.05, 4.69) is 58.7 Å². The van der Waals surface area contributed by atoms with Gasteiger partial charge in [0.15, 0.2) is 0 Å². The molecule has 0 amide bonds. The molecule has 0 fully saturated rings. The van der Waals surface area contributed by atoms with Crippen LogP contribution in [0.1, 0.15) is 41.3 Å². The number of alkyl halides is 1. The monoisotopic (exact) mass is 338 g/mol. The zero-order chi connectivity index (χ0) is 10.7. The molecular formula is C11H16Br2S. The van der Waals surface area contributed by atoms with Crippen LogP contribution >= 0.6 is 43.2 Å². The molecule has 0 saturated heterocycles. The van der Waals surface area contributed by atoms with Gasteiger partial charge in [0, 0.05) is 14.2 Å². The van der Waals surface area contributed by atoms with Gasteiger partial charge in [-0.25, -0.2) is 0 Å². The molecule has 2 unspecified atom stereocenters. The molecule has 1 aromatic heterocycles. The summed E-state index contributed by atoms with van der Waals surface area (Å²) < 4.78 is 1.25. The fourth-order valence-corrected chi connectivity index (χ4v) is 4.73. The maximum atomic E-state index is 3.77. The van der Waals surface area contributed by atoms with E-state index < -0.39 is 0 Å². The summed E-state index contributed by atoms with van der Waals surface area (Å²) in [6.07, 6.45) is 2.47. The summed E-state index contributed by atoms with van der Waals surface area (Å²) in [5.41, 5.74) is 0. The normalized spacial score (nSPS) is 15.5. The summed E-state index contributed by atoms with van der Waals surface area (Å²) in [5.74, 6) is 0.786. The van der Waals surface area contributed by atoms with Gasteiger partial charge in [-0.1, -0.05) is 36.2 Å². The predicted molar refractivity (Wildman–Crippen MR) is 72.5 cm³/mol. The van der Waals surface area contributed by atoms with Gasteiger partial charge in [0.25, 0.3) is 0 Å². The van der Waals surface area contributed by atoms with Gasteiger partial charge in [0.1, 0.15) is 0 Å². The first-order valence-corrected chi connectivity index (χ1v) is 7.47. The van der Waals surface area contributed by atoms with Crippen LogP contribution in [0.15, 0.2) is 10.5 Å². The van der Waals surface area contributed by atoms with Crippen LogP contribution in [0.2, 0.25) is 0 Å². The Bertz CT molecular complexity index is 293. The van der Waals surface area contributed by atoms with Gasteiger partial charge in [-0.3, -0.25) is 0 Å². The summed E-state index contributed by atoms with van der Waals surface area (Å²) in [5, 5.41) is 0.